The summed E-state index contributed by atoms with van der Waals surface area (Å²) in [6.45, 7) is 1.27. The first kappa shape index (κ1) is 32.3. The highest BCUT2D eigenvalue weighted by Crippen LogP contribution is 2.42. The van der Waals surface area contributed by atoms with Crippen molar-refractivity contribution < 1.29 is 28.5 Å². The number of halogens is 3. The molecular formula is C31H30Cl2FN5O6. The third-order valence-electron chi connectivity index (χ3n) is 7.36. The highest BCUT2D eigenvalue weighted by Gasteiger charge is 2.24. The second kappa shape index (κ2) is 13.9. The number of aliphatic hydroxyl groups excluding tert-OH is 1. The van der Waals surface area contributed by atoms with Gasteiger partial charge >= 0.3 is 0 Å². The van der Waals surface area contributed by atoms with Crippen LogP contribution >= 0.6 is 23.2 Å². The Morgan fingerprint density at radius 2 is 1.89 bits per heavy atom. The van der Waals surface area contributed by atoms with Crippen molar-refractivity contribution >= 4 is 34.8 Å². The number of aromatic nitrogens is 3. The van der Waals surface area contributed by atoms with E-state index in [2.05, 4.69) is 20.7 Å². The number of benzene rings is 2. The number of amides is 1. The number of aryl methyl sites for hydroxylation is 1. The van der Waals surface area contributed by atoms with Crippen LogP contribution in [0.25, 0.3) is 22.4 Å². The Morgan fingerprint density at radius 3 is 2.62 bits per heavy atom. The SMILES string of the molecule is COc1cc(C(=O)Nc2cc(F)cc(-c3cccc(-c4ccc(CNC5CCOCC5O)c(OC)n4)c3Cl)c2Cl)c(=O)n(C)n1. The van der Waals surface area contributed by atoms with Gasteiger partial charge in [-0.15, -0.1) is 5.10 Å². The summed E-state index contributed by atoms with van der Waals surface area (Å²) in [7, 11) is 4.23. The minimum absolute atomic E-state index is 0.00362. The van der Waals surface area contributed by atoms with Crippen molar-refractivity contribution in [3.05, 3.63) is 85.9 Å². The van der Waals surface area contributed by atoms with E-state index in [0.29, 0.717) is 42.3 Å². The molecule has 0 radical (unpaired) electrons. The average Bonchev–Trinajstić information content (AvgIpc) is 3.03. The summed E-state index contributed by atoms with van der Waals surface area (Å²) >= 11 is 13.6. The standard InChI is InChI=1S/C31H30Cl2FN5O6/c1-39-31(42)21(13-26(38-39)43-2)29(41)36-24-12-17(34)11-20(28(24)33)18-5-4-6-19(27(18)32)22-8-7-16(30(37-22)44-3)14-35-23-9-10-45-15-25(23)40/h4-8,11-13,23,25,35,40H,9-10,14-15H2,1-3H3,(H,36,41). The Kier molecular flexibility index (Phi) is 10.0. The van der Waals surface area contributed by atoms with Gasteiger partial charge in [0, 0.05) is 54.6 Å². The first-order chi connectivity index (χ1) is 21.6. The van der Waals surface area contributed by atoms with E-state index in [1.54, 1.807) is 24.3 Å². The fourth-order valence-electron chi connectivity index (χ4n) is 4.98. The molecule has 1 aliphatic rings. The molecule has 1 amide bonds. The van der Waals surface area contributed by atoms with Crippen LogP contribution in [0.3, 0.4) is 0 Å². The molecule has 1 saturated heterocycles. The fourth-order valence-corrected chi connectivity index (χ4v) is 5.56. The van der Waals surface area contributed by atoms with E-state index < -0.39 is 23.4 Å². The number of nitrogens with zero attached hydrogens (tertiary/aromatic N) is 3. The van der Waals surface area contributed by atoms with E-state index in [1.807, 2.05) is 6.07 Å². The lowest BCUT2D eigenvalue weighted by Gasteiger charge is -2.28. The minimum Gasteiger partial charge on any atom is -0.481 e. The van der Waals surface area contributed by atoms with Gasteiger partial charge in [0.1, 0.15) is 11.4 Å². The number of carbonyl (C=O) groups excluding carboxylic acids is 1. The maximum atomic E-state index is 14.9. The van der Waals surface area contributed by atoms with Gasteiger partial charge in [0.15, 0.2) is 0 Å². The lowest BCUT2D eigenvalue weighted by molar-refractivity contribution is -0.0281. The van der Waals surface area contributed by atoms with Gasteiger partial charge in [-0.1, -0.05) is 47.5 Å². The van der Waals surface area contributed by atoms with Gasteiger partial charge in [0.25, 0.3) is 11.5 Å². The monoisotopic (exact) mass is 657 g/mol. The number of anilines is 1. The Bertz CT molecular complexity index is 1800. The largest absolute Gasteiger partial charge is 0.481 e. The lowest BCUT2D eigenvalue weighted by atomic mass is 10.00. The number of methoxy groups -OCH3 is 2. The molecule has 2 atom stereocenters. The van der Waals surface area contributed by atoms with Crippen molar-refractivity contribution in [2.75, 3.05) is 32.8 Å². The Balaban J connectivity index is 1.44. The number of nitrogens with one attached hydrogen (secondary N) is 2. The molecule has 0 spiro atoms. The van der Waals surface area contributed by atoms with Crippen molar-refractivity contribution in [3.63, 3.8) is 0 Å². The van der Waals surface area contributed by atoms with Crippen LogP contribution in [-0.2, 0) is 18.3 Å². The molecule has 0 aliphatic carbocycles. The van der Waals surface area contributed by atoms with Crippen LogP contribution in [0.2, 0.25) is 10.0 Å². The molecule has 2 aromatic heterocycles. The summed E-state index contributed by atoms with van der Waals surface area (Å²) in [5.41, 5.74) is 1.39. The molecule has 2 unspecified atom stereocenters. The summed E-state index contributed by atoms with van der Waals surface area (Å²) in [6.07, 6.45) is 0.0796. The number of aliphatic hydroxyl groups is 1. The third-order valence-corrected chi connectivity index (χ3v) is 8.17. The van der Waals surface area contributed by atoms with Crippen LogP contribution in [0.1, 0.15) is 22.3 Å². The molecule has 45 heavy (non-hydrogen) atoms. The zero-order valence-corrected chi connectivity index (χ0v) is 26.1. The molecule has 1 aliphatic heterocycles. The van der Waals surface area contributed by atoms with Crippen molar-refractivity contribution in [1.29, 1.82) is 0 Å². The lowest BCUT2D eigenvalue weighted by Crippen LogP contribution is -2.46. The molecule has 3 N–H and O–H groups in total. The number of ether oxygens (including phenoxy) is 3. The van der Waals surface area contributed by atoms with Gasteiger partial charge in [0.2, 0.25) is 11.8 Å². The van der Waals surface area contributed by atoms with Crippen molar-refractivity contribution in [3.8, 4) is 34.1 Å². The van der Waals surface area contributed by atoms with Crippen LogP contribution < -0.4 is 25.7 Å². The minimum atomic E-state index is -0.827. The van der Waals surface area contributed by atoms with Crippen LogP contribution in [0, 0.1) is 5.82 Å². The van der Waals surface area contributed by atoms with E-state index in [9.17, 15) is 19.1 Å². The van der Waals surface area contributed by atoms with Gasteiger partial charge in [-0.2, -0.15) is 0 Å². The zero-order valence-electron chi connectivity index (χ0n) is 24.6. The molecule has 2 aromatic carbocycles. The van der Waals surface area contributed by atoms with Crippen LogP contribution in [0.15, 0.2) is 53.3 Å². The summed E-state index contributed by atoms with van der Waals surface area (Å²) in [5, 5.41) is 20.2. The maximum Gasteiger partial charge on any atom is 0.279 e. The number of carbonyl (C=O) groups is 1. The predicted octanol–water partition coefficient (Wildman–Crippen LogP) is 4.46. The summed E-state index contributed by atoms with van der Waals surface area (Å²) in [6, 6.07) is 12.1. The van der Waals surface area contributed by atoms with Gasteiger partial charge in [-0.25, -0.2) is 14.1 Å². The normalized spacial score (nSPS) is 16.3. The molecule has 236 valence electrons. The molecular weight excluding hydrogens is 628 g/mol. The topological polar surface area (TPSA) is 137 Å². The molecule has 14 heteroatoms. The first-order valence-corrected chi connectivity index (χ1v) is 14.6. The summed E-state index contributed by atoms with van der Waals surface area (Å²) in [5.74, 6) is -1.11. The summed E-state index contributed by atoms with van der Waals surface area (Å²) < 4.78 is 31.8. The van der Waals surface area contributed by atoms with Crippen LogP contribution in [0.4, 0.5) is 10.1 Å². The predicted molar refractivity (Wildman–Crippen MR) is 168 cm³/mol. The number of pyridine rings is 1. The van der Waals surface area contributed by atoms with Gasteiger partial charge in [-0.3, -0.25) is 9.59 Å². The van der Waals surface area contributed by atoms with E-state index in [-0.39, 0.29) is 45.4 Å². The van der Waals surface area contributed by atoms with Crippen molar-refractivity contribution in [1.82, 2.24) is 20.1 Å². The third kappa shape index (κ3) is 6.95. The second-order valence-electron chi connectivity index (χ2n) is 10.2. The Morgan fingerprint density at radius 1 is 1.11 bits per heavy atom. The van der Waals surface area contributed by atoms with E-state index in [4.69, 9.17) is 37.4 Å². The number of rotatable bonds is 9. The molecule has 5 rings (SSSR count). The van der Waals surface area contributed by atoms with Gasteiger partial charge in [0.05, 0.1) is 48.4 Å². The fraction of sp³-hybridized carbons (Fsp3) is 0.290. The van der Waals surface area contributed by atoms with E-state index in [0.717, 1.165) is 16.3 Å². The average molecular weight is 659 g/mol. The van der Waals surface area contributed by atoms with Crippen LogP contribution in [0.5, 0.6) is 11.8 Å². The molecule has 0 saturated carbocycles. The van der Waals surface area contributed by atoms with E-state index >= 15 is 0 Å². The zero-order chi connectivity index (χ0) is 32.2. The molecule has 4 aromatic rings. The Hall–Kier alpha value is -4.07. The Labute approximate surface area is 267 Å². The van der Waals surface area contributed by atoms with Gasteiger partial charge < -0.3 is 30.0 Å². The highest BCUT2D eigenvalue weighted by atomic mass is 35.5. The van der Waals surface area contributed by atoms with Crippen LogP contribution in [-0.4, -0.2) is 65.4 Å². The smallest absolute Gasteiger partial charge is 0.279 e. The number of hydrogen-bond donors (Lipinski definition) is 3. The van der Waals surface area contributed by atoms with Gasteiger partial charge in [-0.05, 0) is 24.6 Å². The number of hydrogen-bond acceptors (Lipinski definition) is 9. The van der Waals surface area contributed by atoms with Crippen molar-refractivity contribution in [2.24, 2.45) is 7.05 Å². The maximum absolute atomic E-state index is 14.9. The highest BCUT2D eigenvalue weighted by molar-refractivity contribution is 6.39. The second-order valence-corrected chi connectivity index (χ2v) is 11.0. The summed E-state index contributed by atoms with van der Waals surface area (Å²) in [4.78, 5) is 30.3. The molecule has 0 bridgehead atoms. The molecule has 11 nitrogen and oxygen atoms in total. The molecule has 3 heterocycles. The first-order valence-electron chi connectivity index (χ1n) is 13.9. The van der Waals surface area contributed by atoms with Crippen molar-refractivity contribution in [2.45, 2.75) is 25.1 Å². The van der Waals surface area contributed by atoms with E-state index in [1.165, 1.54) is 33.4 Å². The quantitative estimate of drug-likeness (QED) is 0.238. The molecule has 1 fully saturated rings.